The molecule has 6 nitrogen and oxygen atoms in total. The molecule has 2 aromatic rings. The summed E-state index contributed by atoms with van der Waals surface area (Å²) in [5.41, 5.74) is 11.9. The maximum atomic E-state index is 11.4. The molecule has 0 spiro atoms. The van der Waals surface area contributed by atoms with Crippen molar-refractivity contribution < 1.29 is 0 Å². The zero-order chi connectivity index (χ0) is 17.1. The predicted octanol–water partition coefficient (Wildman–Crippen LogP) is 1.78. The molecule has 5 N–H and O–H groups in total. The van der Waals surface area contributed by atoms with E-state index in [9.17, 15) is 9.59 Å². The molecule has 0 unspecified atom stereocenters. The Morgan fingerprint density at radius 1 is 1.35 bits per heavy atom. The van der Waals surface area contributed by atoms with Crippen molar-refractivity contribution in [2.75, 3.05) is 11.1 Å². The van der Waals surface area contributed by atoms with Crippen LogP contribution in [0.5, 0.6) is 0 Å². The van der Waals surface area contributed by atoms with Gasteiger partial charge in [0.15, 0.2) is 0 Å². The molecule has 0 aliphatic rings. The second-order valence-electron chi connectivity index (χ2n) is 4.87. The molecule has 118 valence electrons. The molecule has 0 saturated carbocycles. The van der Waals surface area contributed by atoms with Crippen LogP contribution in [0.25, 0.3) is 5.70 Å². The fourth-order valence-electron chi connectivity index (χ4n) is 1.97. The number of aryl methyl sites for hydroxylation is 1. The maximum absolute atomic E-state index is 11.4. The van der Waals surface area contributed by atoms with Gasteiger partial charge in [0, 0.05) is 16.3 Å². The van der Waals surface area contributed by atoms with Crippen LogP contribution in [0.1, 0.15) is 11.1 Å². The molecule has 0 aliphatic heterocycles. The Labute approximate surface area is 137 Å². The predicted molar refractivity (Wildman–Crippen MR) is 95.4 cm³/mol. The van der Waals surface area contributed by atoms with Gasteiger partial charge < -0.3 is 16.8 Å². The van der Waals surface area contributed by atoms with E-state index in [1.807, 2.05) is 13.0 Å². The molecule has 2 aromatic carbocycles. The highest BCUT2D eigenvalue weighted by Crippen LogP contribution is 2.23. The van der Waals surface area contributed by atoms with Gasteiger partial charge in [0.2, 0.25) is 0 Å². The lowest BCUT2D eigenvalue weighted by molar-refractivity contribution is 1.35. The summed E-state index contributed by atoms with van der Waals surface area (Å²) in [6.07, 6.45) is 2.73. The van der Waals surface area contributed by atoms with E-state index in [-0.39, 0.29) is 11.4 Å². The van der Waals surface area contributed by atoms with Crippen LogP contribution in [-0.2, 0) is 0 Å². The van der Waals surface area contributed by atoms with E-state index in [2.05, 4.69) is 16.9 Å². The first-order valence-corrected chi connectivity index (χ1v) is 7.00. The first-order valence-electron chi connectivity index (χ1n) is 6.62. The summed E-state index contributed by atoms with van der Waals surface area (Å²) in [4.78, 5) is 26.6. The Hall–Kier alpha value is -2.86. The fourth-order valence-corrected chi connectivity index (χ4v) is 2.09. The molecule has 0 atom stereocenters. The van der Waals surface area contributed by atoms with Crippen molar-refractivity contribution in [1.29, 1.82) is 0 Å². The van der Waals surface area contributed by atoms with Crippen molar-refractivity contribution in [3.63, 3.8) is 0 Å². The van der Waals surface area contributed by atoms with Crippen LogP contribution in [-0.4, -0.2) is 6.34 Å². The van der Waals surface area contributed by atoms with Crippen LogP contribution in [0.3, 0.4) is 0 Å². The number of nitrogens with one attached hydrogen (secondary N) is 1. The van der Waals surface area contributed by atoms with Gasteiger partial charge in [0.1, 0.15) is 11.4 Å². The van der Waals surface area contributed by atoms with E-state index in [0.717, 1.165) is 17.5 Å². The smallest absolute Gasteiger partial charge is 0.253 e. The van der Waals surface area contributed by atoms with Gasteiger partial charge in [-0.15, -0.1) is 0 Å². The number of aliphatic imine (C=N–C) groups is 1. The van der Waals surface area contributed by atoms with Gasteiger partial charge in [0.25, 0.3) is 10.9 Å². The highest BCUT2D eigenvalue weighted by atomic mass is 35.5. The third-order valence-corrected chi connectivity index (χ3v) is 3.64. The number of benzene rings is 1. The van der Waals surface area contributed by atoms with Crippen LogP contribution in [0.2, 0.25) is 5.02 Å². The van der Waals surface area contributed by atoms with Crippen LogP contribution in [0.4, 0.5) is 11.4 Å². The number of rotatable bonds is 5. The molecular weight excluding hydrogens is 316 g/mol. The summed E-state index contributed by atoms with van der Waals surface area (Å²) in [7, 11) is 0. The topological polar surface area (TPSA) is 111 Å². The van der Waals surface area contributed by atoms with E-state index >= 15 is 0 Å². The maximum Gasteiger partial charge on any atom is 0.253 e. The number of anilines is 2. The monoisotopic (exact) mass is 330 g/mol. The number of nitrogen functional groups attached to an aromatic ring is 1. The molecule has 0 bridgehead atoms. The lowest BCUT2D eigenvalue weighted by Crippen LogP contribution is -2.36. The lowest BCUT2D eigenvalue weighted by Gasteiger charge is -2.11. The van der Waals surface area contributed by atoms with Gasteiger partial charge in [-0.25, -0.2) is 4.99 Å². The first-order chi connectivity index (χ1) is 10.8. The summed E-state index contributed by atoms with van der Waals surface area (Å²) >= 11 is 6.01. The zero-order valence-corrected chi connectivity index (χ0v) is 13.1. The van der Waals surface area contributed by atoms with Crippen molar-refractivity contribution in [2.24, 2.45) is 10.7 Å². The largest absolute Gasteiger partial charge is 0.394 e. The molecule has 0 fully saturated rings. The second kappa shape index (κ2) is 6.50. The Kier molecular flexibility index (Phi) is 4.66. The van der Waals surface area contributed by atoms with Gasteiger partial charge in [0.05, 0.1) is 12.0 Å². The molecular formula is C16H15ClN4O2. The summed E-state index contributed by atoms with van der Waals surface area (Å²) in [5, 5.41) is 3.34. The van der Waals surface area contributed by atoms with E-state index in [1.54, 1.807) is 18.2 Å². The molecule has 0 aromatic heterocycles. The standard InChI is InChI=1S/C16H15ClN4O2/c1-8-5-10(3-4-11(8)17)12(20-7-18)6-9(2)21-14-13(19)15(22)16(14)23/h3-7,21H,2,19H2,1H3,(H2,18,20)/b12-6-. The number of hydrogen-bond donors (Lipinski definition) is 3. The van der Waals surface area contributed by atoms with E-state index in [4.69, 9.17) is 23.1 Å². The molecule has 0 amide bonds. The first kappa shape index (κ1) is 16.5. The highest BCUT2D eigenvalue weighted by Gasteiger charge is 2.17. The Morgan fingerprint density at radius 3 is 2.61 bits per heavy atom. The van der Waals surface area contributed by atoms with Crippen molar-refractivity contribution in [2.45, 2.75) is 6.92 Å². The van der Waals surface area contributed by atoms with Gasteiger partial charge in [-0.3, -0.25) is 9.59 Å². The van der Waals surface area contributed by atoms with Crippen LogP contribution in [0, 0.1) is 6.92 Å². The Balaban J connectivity index is 2.31. The van der Waals surface area contributed by atoms with Crippen molar-refractivity contribution >= 4 is 35.0 Å². The SMILES string of the molecule is C=C(/C=C(\N=CN)c1ccc(Cl)c(C)c1)Nc1c(N)c(=O)c1=O. The third-order valence-electron chi connectivity index (χ3n) is 3.21. The molecule has 0 saturated heterocycles. The number of hydrogen-bond acceptors (Lipinski definition) is 5. The average Bonchev–Trinajstić information content (AvgIpc) is 2.53. The number of allylic oxidation sites excluding steroid dienone is 1. The van der Waals surface area contributed by atoms with Gasteiger partial charge in [-0.1, -0.05) is 24.2 Å². The minimum absolute atomic E-state index is 0.0413. The minimum Gasteiger partial charge on any atom is -0.394 e. The van der Waals surface area contributed by atoms with Crippen LogP contribution >= 0.6 is 11.6 Å². The number of nitrogens with two attached hydrogens (primary N) is 2. The number of nitrogens with zero attached hydrogens (tertiary/aromatic N) is 1. The van der Waals surface area contributed by atoms with E-state index < -0.39 is 10.9 Å². The number of halogens is 1. The molecule has 7 heteroatoms. The van der Waals surface area contributed by atoms with Crippen LogP contribution < -0.4 is 27.6 Å². The summed E-state index contributed by atoms with van der Waals surface area (Å²) in [6, 6.07) is 5.38. The zero-order valence-electron chi connectivity index (χ0n) is 12.4. The second-order valence-corrected chi connectivity index (χ2v) is 5.28. The summed E-state index contributed by atoms with van der Waals surface area (Å²) in [6.45, 7) is 5.64. The quantitative estimate of drug-likeness (QED) is 0.335. The Bertz CT molecular complexity index is 905. The lowest BCUT2D eigenvalue weighted by atomic mass is 10.1. The summed E-state index contributed by atoms with van der Waals surface area (Å²) < 4.78 is 0. The van der Waals surface area contributed by atoms with E-state index in [1.165, 1.54) is 0 Å². The summed E-state index contributed by atoms with van der Waals surface area (Å²) in [5.74, 6) is 0. The minimum atomic E-state index is -0.696. The third kappa shape index (κ3) is 3.32. The van der Waals surface area contributed by atoms with Crippen molar-refractivity contribution in [1.82, 2.24) is 0 Å². The van der Waals surface area contributed by atoms with Crippen molar-refractivity contribution in [3.05, 3.63) is 73.1 Å². The van der Waals surface area contributed by atoms with Gasteiger partial charge in [-0.05, 0) is 30.7 Å². The average molecular weight is 331 g/mol. The normalized spacial score (nSPS) is 12.0. The molecule has 0 radical (unpaired) electrons. The van der Waals surface area contributed by atoms with Crippen molar-refractivity contribution in [3.8, 4) is 0 Å². The molecule has 23 heavy (non-hydrogen) atoms. The van der Waals surface area contributed by atoms with Crippen LogP contribution in [0.15, 0.2) is 51.1 Å². The van der Waals surface area contributed by atoms with Gasteiger partial charge >= 0.3 is 0 Å². The molecule has 0 aliphatic carbocycles. The highest BCUT2D eigenvalue weighted by molar-refractivity contribution is 6.31. The Morgan fingerprint density at radius 2 is 2.04 bits per heavy atom. The fraction of sp³-hybridized carbons (Fsp3) is 0.0625. The molecule has 0 heterocycles. The van der Waals surface area contributed by atoms with Gasteiger partial charge in [-0.2, -0.15) is 0 Å². The van der Waals surface area contributed by atoms with E-state index in [0.29, 0.717) is 16.4 Å². The molecule has 2 rings (SSSR count).